The maximum atomic E-state index is 3.78. The van der Waals surface area contributed by atoms with E-state index >= 15 is 0 Å². The molecule has 0 aliphatic carbocycles. The van der Waals surface area contributed by atoms with Gasteiger partial charge < -0.3 is 4.98 Å². The molecule has 1 aromatic heterocycles. The van der Waals surface area contributed by atoms with Gasteiger partial charge in [0.1, 0.15) is 0 Å². The minimum atomic E-state index is 1.15. The Kier molecular flexibility index (Phi) is 19.0. The van der Waals surface area contributed by atoms with Crippen LogP contribution in [0.25, 0.3) is 78.8 Å². The highest BCUT2D eigenvalue weighted by atomic mass is 14.7. The maximum Gasteiger partial charge on any atom is 0.0544 e. The number of allylic oxidation sites excluding steroid dienone is 2. The lowest BCUT2D eigenvalue weighted by molar-refractivity contribution is 1.39. The lowest BCUT2D eigenvalue weighted by Gasteiger charge is -2.18. The summed E-state index contributed by atoms with van der Waals surface area (Å²) in [5.74, 6) is 0. The van der Waals surface area contributed by atoms with E-state index in [4.69, 9.17) is 0 Å². The first-order valence-electron chi connectivity index (χ1n) is 27.6. The summed E-state index contributed by atoms with van der Waals surface area (Å²) in [6.45, 7) is 0. The van der Waals surface area contributed by atoms with Crippen LogP contribution in [-0.4, -0.2) is 4.98 Å². The molecule has 12 aromatic carbocycles. The molecule has 1 nitrogen and oxygen atoms in total. The van der Waals surface area contributed by atoms with Gasteiger partial charge in [-0.2, -0.15) is 0 Å². The Balaban J connectivity index is 0.000000129. The maximum absolute atomic E-state index is 3.78. The third kappa shape index (κ3) is 14.7. The minimum absolute atomic E-state index is 1.15. The molecule has 0 amide bonds. The molecule has 13 aromatic rings. The number of hydrogen-bond acceptors (Lipinski definition) is 0. The zero-order valence-corrected chi connectivity index (χ0v) is 45.3. The highest BCUT2D eigenvalue weighted by Crippen LogP contribution is 2.46. The van der Waals surface area contributed by atoms with Crippen molar-refractivity contribution in [1.82, 2.24) is 4.98 Å². The number of aromatic nitrogens is 1. The summed E-state index contributed by atoms with van der Waals surface area (Å²) in [4.78, 5) is 3.78. The van der Waals surface area contributed by atoms with Crippen LogP contribution in [-0.2, 0) is 0 Å². The predicted octanol–water partition coefficient (Wildman–Crippen LogP) is 21.6. The smallest absolute Gasteiger partial charge is 0.0544 e. The quantitative estimate of drug-likeness (QED) is 0.0982. The molecule has 0 aliphatic rings. The molecule has 13 rings (SSSR count). The molecule has 81 heavy (non-hydrogen) atoms. The van der Waals surface area contributed by atoms with Crippen LogP contribution in [0.5, 0.6) is 0 Å². The second-order valence-corrected chi connectivity index (χ2v) is 19.2. The highest BCUT2D eigenvalue weighted by molar-refractivity contribution is 6.05. The minimum Gasteiger partial charge on any atom is -0.353 e. The monoisotopic (exact) mass is 1040 g/mol. The average Bonchev–Trinajstić information content (AvgIpc) is 4.24. The van der Waals surface area contributed by atoms with Crippen LogP contribution in [0.4, 0.5) is 0 Å². The number of rotatable bonds is 11. The van der Waals surface area contributed by atoms with Crippen molar-refractivity contribution in [2.75, 3.05) is 0 Å². The fourth-order valence-corrected chi connectivity index (χ4v) is 9.85. The predicted molar refractivity (Wildman–Crippen MR) is 348 cm³/mol. The molecule has 0 saturated heterocycles. The number of benzene rings is 12. The molecule has 1 N–H and O–H groups in total. The van der Waals surface area contributed by atoms with Gasteiger partial charge in [0.25, 0.3) is 0 Å². The van der Waals surface area contributed by atoms with Crippen molar-refractivity contribution in [3.05, 3.63) is 397 Å². The van der Waals surface area contributed by atoms with Crippen molar-refractivity contribution < 1.29 is 0 Å². The molecule has 1 heterocycles. The Labute approximate surface area is 478 Å². The lowest BCUT2D eigenvalue weighted by Crippen LogP contribution is -1.97. The fourth-order valence-electron chi connectivity index (χ4n) is 9.85. The first kappa shape index (κ1) is 53.8. The van der Waals surface area contributed by atoms with Crippen LogP contribution < -0.4 is 0 Å². The van der Waals surface area contributed by atoms with Crippen molar-refractivity contribution in [1.29, 1.82) is 0 Å². The molecule has 388 valence electrons. The molecule has 0 fully saturated rings. The molecule has 0 atom stereocenters. The number of fused-ring (bicyclic) bond motifs is 1. The number of hydrogen-bond donors (Lipinski definition) is 1. The van der Waals surface area contributed by atoms with E-state index in [-0.39, 0.29) is 0 Å². The van der Waals surface area contributed by atoms with E-state index in [1.165, 1.54) is 88.7 Å². The van der Waals surface area contributed by atoms with Gasteiger partial charge in [-0.15, -0.1) is 0 Å². The van der Waals surface area contributed by atoms with Gasteiger partial charge >= 0.3 is 0 Å². The largest absolute Gasteiger partial charge is 0.353 e. The first-order chi connectivity index (χ1) is 40.3. The van der Waals surface area contributed by atoms with Gasteiger partial charge in [0, 0.05) is 11.1 Å². The zero-order valence-electron chi connectivity index (χ0n) is 45.3. The number of aromatic amines is 1. The number of H-pyrrole nitrogens is 1. The van der Waals surface area contributed by atoms with Gasteiger partial charge in [-0.3, -0.25) is 0 Å². The highest BCUT2D eigenvalue weighted by Gasteiger charge is 2.22. The third-order valence-electron chi connectivity index (χ3n) is 13.7. The summed E-state index contributed by atoms with van der Waals surface area (Å²) < 4.78 is 0. The van der Waals surface area contributed by atoms with E-state index in [0.717, 1.165) is 11.4 Å². The molecule has 1 heteroatoms. The lowest BCUT2D eigenvalue weighted by atomic mass is 9.86. The Morgan fingerprint density at radius 1 is 0.210 bits per heavy atom. The topological polar surface area (TPSA) is 15.8 Å². The van der Waals surface area contributed by atoms with Crippen LogP contribution in [0.3, 0.4) is 0 Å². The van der Waals surface area contributed by atoms with Crippen LogP contribution >= 0.6 is 0 Å². The van der Waals surface area contributed by atoms with E-state index in [1.54, 1.807) is 0 Å². The molecule has 0 bridgehead atoms. The summed E-state index contributed by atoms with van der Waals surface area (Å²) in [6, 6.07) is 122. The third-order valence-corrected chi connectivity index (χ3v) is 13.7. The van der Waals surface area contributed by atoms with E-state index in [2.05, 4.69) is 345 Å². The van der Waals surface area contributed by atoms with Crippen molar-refractivity contribution in [3.8, 4) is 44.8 Å². The molecule has 0 radical (unpaired) electrons. The van der Waals surface area contributed by atoms with Crippen molar-refractivity contribution in [2.45, 2.75) is 0 Å². The first-order valence-corrected chi connectivity index (χ1v) is 27.6. The van der Waals surface area contributed by atoms with E-state index < -0.39 is 0 Å². The van der Waals surface area contributed by atoms with Crippen molar-refractivity contribution in [3.63, 3.8) is 0 Å². The Hall–Kier alpha value is -10.6. The molecule has 0 unspecified atom stereocenters. The molecule has 0 saturated carbocycles. The van der Waals surface area contributed by atoms with Gasteiger partial charge in [0.15, 0.2) is 0 Å². The zero-order chi connectivity index (χ0) is 54.9. The summed E-state index contributed by atoms with van der Waals surface area (Å²) in [7, 11) is 0. The Bertz CT molecular complexity index is 3630. The average molecular weight is 1040 g/mol. The fraction of sp³-hybridized carbons (Fsp3) is 0. The normalized spacial score (nSPS) is 10.6. The van der Waals surface area contributed by atoms with Gasteiger partial charge in [0.2, 0.25) is 0 Å². The van der Waals surface area contributed by atoms with Gasteiger partial charge in [0.05, 0.1) is 11.4 Å². The van der Waals surface area contributed by atoms with Crippen LogP contribution in [0.2, 0.25) is 0 Å². The second-order valence-electron chi connectivity index (χ2n) is 19.2. The Morgan fingerprint density at radius 3 is 0.679 bits per heavy atom. The standard InChI is InChI=1S/C28H21N.C26H20.C16H14.C10H8/c1-5-13-21(14-6-1)25-26(22-15-7-2-8-16-22)28(24-19-11-4-12-20-24)29-27(25)23-17-9-3-10-18-23;1-5-13-21(14-6-1)25(22-15-7-2-8-16-22)26(23-17-9-3-10-18-23)24-19-11-4-12-20-24;1-3-9-15(10-4-1)13-7-8-14-16-11-5-2-6-12-16;1-2-6-10-8-4-3-7-9(10)5-1/h1-20,29H;1-20H;1-14H;1-8H. The summed E-state index contributed by atoms with van der Waals surface area (Å²) in [6.07, 6.45) is 8.31. The summed E-state index contributed by atoms with van der Waals surface area (Å²) in [5, 5.41) is 2.62. The molecule has 0 aliphatic heterocycles. The summed E-state index contributed by atoms with van der Waals surface area (Å²) >= 11 is 0. The van der Waals surface area contributed by atoms with Crippen molar-refractivity contribution >= 4 is 34.1 Å². The SMILES string of the molecule is C(C=Cc1ccccc1)=Cc1ccccc1.c1ccc(-c2[nH]c(-c3ccccc3)c(-c3ccccc3)c2-c2ccccc2)cc1.c1ccc(C(=C(c2ccccc2)c2ccccc2)c2ccccc2)cc1.c1ccc2ccccc2c1. The van der Waals surface area contributed by atoms with E-state index in [1.807, 2.05) is 36.4 Å². The van der Waals surface area contributed by atoms with Crippen molar-refractivity contribution in [2.24, 2.45) is 0 Å². The van der Waals surface area contributed by atoms with Gasteiger partial charge in [-0.05, 0) is 77.6 Å². The van der Waals surface area contributed by atoms with Crippen LogP contribution in [0.1, 0.15) is 33.4 Å². The van der Waals surface area contributed by atoms with Gasteiger partial charge in [-0.25, -0.2) is 0 Å². The molecular formula is C80H63N. The number of nitrogens with one attached hydrogen (secondary N) is 1. The molecular weight excluding hydrogens is 975 g/mol. The Morgan fingerprint density at radius 2 is 0.420 bits per heavy atom. The summed E-state index contributed by atoms with van der Waals surface area (Å²) in [5.41, 5.74) is 19.4. The van der Waals surface area contributed by atoms with E-state index in [9.17, 15) is 0 Å². The molecule has 0 spiro atoms. The van der Waals surface area contributed by atoms with Crippen LogP contribution in [0.15, 0.2) is 364 Å². The van der Waals surface area contributed by atoms with Crippen LogP contribution in [0, 0.1) is 0 Å². The second kappa shape index (κ2) is 28.7. The van der Waals surface area contributed by atoms with Gasteiger partial charge in [-0.1, -0.05) is 376 Å². The van der Waals surface area contributed by atoms with E-state index in [0.29, 0.717) is 0 Å².